The number of aromatic amines is 1. The zero-order valence-corrected chi connectivity index (χ0v) is 22.7. The van der Waals surface area contributed by atoms with Crippen molar-refractivity contribution in [2.45, 2.75) is 65.1 Å². The Kier molecular flexibility index (Phi) is 7.94. The average Bonchev–Trinajstić information content (AvgIpc) is 3.32. The third-order valence-corrected chi connectivity index (χ3v) is 8.00. The molecule has 2 N–H and O–H groups in total. The van der Waals surface area contributed by atoms with Crippen molar-refractivity contribution in [1.29, 1.82) is 0 Å². The van der Waals surface area contributed by atoms with Crippen LogP contribution in [0.5, 0.6) is 0 Å². The van der Waals surface area contributed by atoms with Crippen LogP contribution in [0.25, 0.3) is 11.0 Å². The molecule has 0 aliphatic heterocycles. The number of hydrogen-bond acceptors (Lipinski definition) is 4. The number of carbonyl (C=O) groups excluding carboxylic acids is 1. The fraction of sp³-hybridized carbons (Fsp3) is 0.481. The zero-order chi connectivity index (χ0) is 25.3. The van der Waals surface area contributed by atoms with Gasteiger partial charge in [-0.05, 0) is 89.9 Å². The minimum absolute atomic E-state index is 0.164. The van der Waals surface area contributed by atoms with Crippen LogP contribution < -0.4 is 10.2 Å². The van der Waals surface area contributed by atoms with E-state index in [9.17, 15) is 4.79 Å². The molecule has 188 valence electrons. The highest BCUT2D eigenvalue weighted by molar-refractivity contribution is 6.32. The first-order valence-corrected chi connectivity index (χ1v) is 13.1. The van der Waals surface area contributed by atoms with Crippen LogP contribution in [-0.4, -0.2) is 53.5 Å². The van der Waals surface area contributed by atoms with Crippen molar-refractivity contribution < 1.29 is 4.79 Å². The summed E-state index contributed by atoms with van der Waals surface area (Å²) in [6.07, 6.45) is 6.28. The van der Waals surface area contributed by atoms with Crippen molar-refractivity contribution in [3.63, 3.8) is 0 Å². The molecule has 35 heavy (non-hydrogen) atoms. The minimum Gasteiger partial charge on any atom is -0.369 e. The number of benzene rings is 2. The first kappa shape index (κ1) is 25.8. The lowest BCUT2D eigenvalue weighted by Gasteiger charge is -2.40. The summed E-state index contributed by atoms with van der Waals surface area (Å²) in [5, 5.41) is 4.23. The molecule has 8 heteroatoms. The van der Waals surface area contributed by atoms with E-state index in [-0.39, 0.29) is 5.91 Å². The fourth-order valence-electron chi connectivity index (χ4n) is 5.44. The summed E-state index contributed by atoms with van der Waals surface area (Å²) in [5.41, 5.74) is 6.12. The van der Waals surface area contributed by atoms with E-state index < -0.39 is 0 Å². The number of halogens is 2. The van der Waals surface area contributed by atoms with Gasteiger partial charge in [0.25, 0.3) is 5.91 Å². The second-order valence-corrected chi connectivity index (χ2v) is 10.6. The zero-order valence-electron chi connectivity index (χ0n) is 21.2. The van der Waals surface area contributed by atoms with Crippen molar-refractivity contribution in [1.82, 2.24) is 20.2 Å². The lowest BCUT2D eigenvalue weighted by atomic mass is 9.89. The number of hydrogen-bond donors (Lipinski definition) is 2. The number of fused-ring (bicyclic) bond motifs is 1. The van der Waals surface area contributed by atoms with Crippen molar-refractivity contribution in [3.05, 3.63) is 56.8 Å². The van der Waals surface area contributed by atoms with Gasteiger partial charge in [-0.25, -0.2) is 4.98 Å². The molecule has 0 unspecified atom stereocenters. The highest BCUT2D eigenvalue weighted by Crippen LogP contribution is 2.34. The van der Waals surface area contributed by atoms with Crippen LogP contribution in [0.3, 0.4) is 0 Å². The molecule has 1 heterocycles. The maximum Gasteiger partial charge on any atom is 0.251 e. The molecule has 0 saturated heterocycles. The summed E-state index contributed by atoms with van der Waals surface area (Å²) in [6, 6.07) is 6.74. The number of rotatable bonds is 7. The summed E-state index contributed by atoms with van der Waals surface area (Å²) in [6.45, 7) is 7.33. The number of aromatic nitrogens is 2. The molecule has 0 atom stereocenters. The predicted molar refractivity (Wildman–Crippen MR) is 146 cm³/mol. The molecule has 0 radical (unpaired) electrons. The maximum absolute atomic E-state index is 13.3. The standard InChI is InChI=1S/C27H35Cl2N5O/c1-6-34(20-9-7-19(8-10-20)33(4)5)24-13-18(28)12-21(17(24)3)27(35)30-14-22-23(29)11-16(2)25-26(22)32-15-31-25/h11-13,15,19-20H,6-10,14H2,1-5H3,(H,30,35)(H,31,32)/t19-,20-. The molecule has 0 bridgehead atoms. The monoisotopic (exact) mass is 515 g/mol. The Labute approximate surface area is 218 Å². The Morgan fingerprint density at radius 1 is 1.11 bits per heavy atom. The summed E-state index contributed by atoms with van der Waals surface area (Å²) in [4.78, 5) is 25.6. The van der Waals surface area contributed by atoms with Crippen LogP contribution in [0.4, 0.5) is 5.69 Å². The van der Waals surface area contributed by atoms with E-state index in [0.717, 1.165) is 52.8 Å². The van der Waals surface area contributed by atoms with Crippen LogP contribution in [0.2, 0.25) is 10.0 Å². The lowest BCUT2D eigenvalue weighted by Crippen LogP contribution is -2.42. The van der Waals surface area contributed by atoms with Crippen LogP contribution in [-0.2, 0) is 6.54 Å². The molecule has 1 fully saturated rings. The van der Waals surface area contributed by atoms with Crippen molar-refractivity contribution in [3.8, 4) is 0 Å². The molecule has 2 aromatic carbocycles. The first-order chi connectivity index (χ1) is 16.7. The third-order valence-electron chi connectivity index (χ3n) is 7.45. The first-order valence-electron chi connectivity index (χ1n) is 12.3. The molecule has 0 spiro atoms. The van der Waals surface area contributed by atoms with Gasteiger partial charge in [0, 0.05) is 52.0 Å². The van der Waals surface area contributed by atoms with E-state index in [1.54, 1.807) is 12.4 Å². The third kappa shape index (κ3) is 5.30. The smallest absolute Gasteiger partial charge is 0.251 e. The Bertz CT molecular complexity index is 1210. The van der Waals surface area contributed by atoms with Crippen molar-refractivity contribution in [2.75, 3.05) is 25.5 Å². The normalized spacial score (nSPS) is 18.3. The van der Waals surface area contributed by atoms with Gasteiger partial charge in [0.2, 0.25) is 0 Å². The van der Waals surface area contributed by atoms with Crippen LogP contribution >= 0.6 is 23.2 Å². The molecular formula is C27H35Cl2N5O. The number of nitrogens with zero attached hydrogens (tertiary/aromatic N) is 3. The van der Waals surface area contributed by atoms with E-state index in [1.165, 1.54) is 12.8 Å². The van der Waals surface area contributed by atoms with Gasteiger partial charge >= 0.3 is 0 Å². The van der Waals surface area contributed by atoms with Gasteiger partial charge < -0.3 is 20.1 Å². The highest BCUT2D eigenvalue weighted by Gasteiger charge is 2.28. The fourth-order valence-corrected chi connectivity index (χ4v) is 5.97. The van der Waals surface area contributed by atoms with Gasteiger partial charge in [0.1, 0.15) is 0 Å². The molecule has 1 aliphatic rings. The predicted octanol–water partition coefficient (Wildman–Crippen LogP) is 6.12. The maximum atomic E-state index is 13.3. The number of H-pyrrole nitrogens is 1. The van der Waals surface area contributed by atoms with Gasteiger partial charge in [-0.3, -0.25) is 4.79 Å². The number of anilines is 1. The number of nitrogens with one attached hydrogen (secondary N) is 2. The Morgan fingerprint density at radius 3 is 2.46 bits per heavy atom. The summed E-state index contributed by atoms with van der Waals surface area (Å²) >= 11 is 13.1. The molecule has 1 saturated carbocycles. The SMILES string of the molecule is CCN(c1cc(Cl)cc(C(=O)NCc2c(Cl)cc(C)c3nc[nH]c23)c1C)[C@H]1CC[C@H](N(C)C)CC1. The van der Waals surface area contributed by atoms with Gasteiger partial charge in [0.05, 0.1) is 17.4 Å². The van der Waals surface area contributed by atoms with E-state index >= 15 is 0 Å². The average molecular weight is 517 g/mol. The molecule has 6 nitrogen and oxygen atoms in total. The van der Waals surface area contributed by atoms with Gasteiger partial charge in [-0.1, -0.05) is 23.2 Å². The molecule has 4 rings (SSSR count). The summed E-state index contributed by atoms with van der Waals surface area (Å²) < 4.78 is 0. The topological polar surface area (TPSA) is 64.3 Å². The Morgan fingerprint density at radius 2 is 1.80 bits per heavy atom. The van der Waals surface area contributed by atoms with E-state index in [2.05, 4.69) is 46.1 Å². The Hall–Kier alpha value is -2.28. The Balaban J connectivity index is 1.56. The van der Waals surface area contributed by atoms with E-state index in [4.69, 9.17) is 23.2 Å². The minimum atomic E-state index is -0.164. The highest BCUT2D eigenvalue weighted by atomic mass is 35.5. The number of amides is 1. The van der Waals surface area contributed by atoms with Gasteiger partial charge in [0.15, 0.2) is 0 Å². The lowest BCUT2D eigenvalue weighted by molar-refractivity contribution is 0.0950. The molecule has 1 amide bonds. The number of aryl methyl sites for hydroxylation is 1. The number of imidazole rings is 1. The molecule has 1 aliphatic carbocycles. The molecule has 3 aromatic rings. The number of carbonyl (C=O) groups is 1. The van der Waals surface area contributed by atoms with Gasteiger partial charge in [-0.2, -0.15) is 0 Å². The summed E-state index contributed by atoms with van der Waals surface area (Å²) in [7, 11) is 4.32. The van der Waals surface area contributed by atoms with E-state index in [1.807, 2.05) is 26.0 Å². The second-order valence-electron chi connectivity index (χ2n) is 9.77. The largest absolute Gasteiger partial charge is 0.369 e. The van der Waals surface area contributed by atoms with Crippen LogP contribution in [0.15, 0.2) is 24.5 Å². The molecular weight excluding hydrogens is 481 g/mol. The van der Waals surface area contributed by atoms with Crippen molar-refractivity contribution >= 4 is 45.8 Å². The van der Waals surface area contributed by atoms with Crippen LogP contribution in [0.1, 0.15) is 59.7 Å². The molecule has 1 aromatic heterocycles. The van der Waals surface area contributed by atoms with E-state index in [0.29, 0.717) is 34.2 Å². The quantitative estimate of drug-likeness (QED) is 0.398. The van der Waals surface area contributed by atoms with Gasteiger partial charge in [-0.15, -0.1) is 0 Å². The van der Waals surface area contributed by atoms with Crippen LogP contribution in [0, 0.1) is 13.8 Å². The summed E-state index contributed by atoms with van der Waals surface area (Å²) in [5.74, 6) is -0.164. The van der Waals surface area contributed by atoms with Crippen molar-refractivity contribution in [2.24, 2.45) is 0 Å². The second kappa shape index (κ2) is 10.8.